The smallest absolute Gasteiger partial charge is 0.118 e. The summed E-state index contributed by atoms with van der Waals surface area (Å²) in [4.78, 5) is 0. The maximum atomic E-state index is 9.78. The highest BCUT2D eigenvalue weighted by Gasteiger charge is 2.18. The first-order chi connectivity index (χ1) is 8.08. The van der Waals surface area contributed by atoms with Crippen LogP contribution in [-0.4, -0.2) is 29.5 Å². The molecule has 0 amide bonds. The van der Waals surface area contributed by atoms with Gasteiger partial charge in [0.15, 0.2) is 0 Å². The highest BCUT2D eigenvalue weighted by atomic mass is 16.5. The van der Waals surface area contributed by atoms with Crippen molar-refractivity contribution in [2.24, 2.45) is 0 Å². The summed E-state index contributed by atoms with van der Waals surface area (Å²) in [6.45, 7) is 3.92. The SMILES string of the molecule is CCC(O)C(O)CC(C)c1ccc(OC)cc1. The molecule has 3 nitrogen and oxygen atoms in total. The molecule has 3 heteroatoms. The topological polar surface area (TPSA) is 49.7 Å². The summed E-state index contributed by atoms with van der Waals surface area (Å²) in [5.74, 6) is 1.05. The van der Waals surface area contributed by atoms with E-state index in [1.165, 1.54) is 0 Å². The molecule has 2 N–H and O–H groups in total. The molecule has 0 aliphatic heterocycles. The van der Waals surface area contributed by atoms with Crippen LogP contribution in [0, 0.1) is 0 Å². The van der Waals surface area contributed by atoms with Gasteiger partial charge in [0.2, 0.25) is 0 Å². The Balaban J connectivity index is 2.59. The van der Waals surface area contributed by atoms with E-state index in [0.29, 0.717) is 12.8 Å². The van der Waals surface area contributed by atoms with E-state index < -0.39 is 12.2 Å². The lowest BCUT2D eigenvalue weighted by Gasteiger charge is -2.20. The first-order valence-electron chi connectivity index (χ1n) is 6.08. The third-order valence-electron chi connectivity index (χ3n) is 3.14. The van der Waals surface area contributed by atoms with Crippen LogP contribution in [-0.2, 0) is 0 Å². The Bertz CT molecular complexity index is 321. The molecule has 96 valence electrons. The Morgan fingerprint density at radius 3 is 2.18 bits per heavy atom. The van der Waals surface area contributed by atoms with Gasteiger partial charge in [-0.3, -0.25) is 0 Å². The van der Waals surface area contributed by atoms with Crippen molar-refractivity contribution in [3.8, 4) is 5.75 Å². The lowest BCUT2D eigenvalue weighted by molar-refractivity contribution is 0.00953. The van der Waals surface area contributed by atoms with Crippen molar-refractivity contribution in [3.63, 3.8) is 0 Å². The first-order valence-corrected chi connectivity index (χ1v) is 6.08. The summed E-state index contributed by atoms with van der Waals surface area (Å²) < 4.78 is 5.10. The molecule has 1 rings (SSSR count). The number of hydrogen-bond donors (Lipinski definition) is 2. The third kappa shape index (κ3) is 4.02. The zero-order valence-electron chi connectivity index (χ0n) is 10.8. The lowest BCUT2D eigenvalue weighted by Crippen LogP contribution is -2.26. The van der Waals surface area contributed by atoms with Gasteiger partial charge in [0.25, 0.3) is 0 Å². The van der Waals surface area contributed by atoms with E-state index in [9.17, 15) is 10.2 Å². The third-order valence-corrected chi connectivity index (χ3v) is 3.14. The second-order valence-corrected chi connectivity index (χ2v) is 4.45. The molecule has 0 saturated heterocycles. The standard InChI is InChI=1S/C14H22O3/c1-4-13(15)14(16)9-10(2)11-5-7-12(17-3)8-6-11/h5-8,10,13-16H,4,9H2,1-3H3. The van der Waals surface area contributed by atoms with Crippen molar-refractivity contribution in [2.45, 2.75) is 44.8 Å². The number of benzene rings is 1. The highest BCUT2D eigenvalue weighted by Crippen LogP contribution is 2.24. The molecule has 0 aliphatic carbocycles. The highest BCUT2D eigenvalue weighted by molar-refractivity contribution is 5.29. The fraction of sp³-hybridized carbons (Fsp3) is 0.571. The van der Waals surface area contributed by atoms with Crippen LogP contribution in [0.25, 0.3) is 0 Å². The van der Waals surface area contributed by atoms with Crippen molar-refractivity contribution in [2.75, 3.05) is 7.11 Å². The molecular formula is C14H22O3. The van der Waals surface area contributed by atoms with E-state index >= 15 is 0 Å². The lowest BCUT2D eigenvalue weighted by atomic mass is 9.92. The van der Waals surface area contributed by atoms with Crippen LogP contribution in [0.2, 0.25) is 0 Å². The molecule has 1 aromatic carbocycles. The minimum atomic E-state index is -0.655. The zero-order chi connectivity index (χ0) is 12.8. The molecule has 3 atom stereocenters. The summed E-state index contributed by atoms with van der Waals surface area (Å²) in [5, 5.41) is 19.3. The van der Waals surface area contributed by atoms with Crippen LogP contribution in [0.4, 0.5) is 0 Å². The Kier molecular flexibility index (Phi) is 5.45. The Morgan fingerprint density at radius 2 is 1.71 bits per heavy atom. The summed E-state index contributed by atoms with van der Waals surface area (Å²) >= 11 is 0. The summed E-state index contributed by atoms with van der Waals surface area (Å²) in [6.07, 6.45) is -0.134. The van der Waals surface area contributed by atoms with E-state index in [4.69, 9.17) is 4.74 Å². The molecule has 0 fully saturated rings. The van der Waals surface area contributed by atoms with Crippen LogP contribution < -0.4 is 4.74 Å². The number of aliphatic hydroxyl groups is 2. The molecule has 3 unspecified atom stereocenters. The van der Waals surface area contributed by atoms with E-state index in [2.05, 4.69) is 0 Å². The van der Waals surface area contributed by atoms with E-state index in [1.807, 2.05) is 38.1 Å². The van der Waals surface area contributed by atoms with Crippen molar-refractivity contribution in [1.82, 2.24) is 0 Å². The van der Waals surface area contributed by atoms with Crippen molar-refractivity contribution < 1.29 is 14.9 Å². The summed E-state index contributed by atoms with van der Waals surface area (Å²) in [6, 6.07) is 7.81. The van der Waals surface area contributed by atoms with Gasteiger partial charge in [0.1, 0.15) is 5.75 Å². The van der Waals surface area contributed by atoms with Gasteiger partial charge in [-0.25, -0.2) is 0 Å². The molecule has 0 aliphatic rings. The number of methoxy groups -OCH3 is 1. The summed E-state index contributed by atoms with van der Waals surface area (Å²) in [5.41, 5.74) is 1.15. The minimum Gasteiger partial charge on any atom is -0.497 e. The maximum Gasteiger partial charge on any atom is 0.118 e. The maximum absolute atomic E-state index is 9.78. The molecule has 0 spiro atoms. The molecule has 17 heavy (non-hydrogen) atoms. The molecule has 0 radical (unpaired) electrons. The normalized spacial score (nSPS) is 16.3. The number of aliphatic hydroxyl groups excluding tert-OH is 2. The van der Waals surface area contributed by atoms with Gasteiger partial charge < -0.3 is 14.9 Å². The van der Waals surface area contributed by atoms with Crippen molar-refractivity contribution in [3.05, 3.63) is 29.8 Å². The van der Waals surface area contributed by atoms with Crippen LogP contribution >= 0.6 is 0 Å². The molecule has 0 heterocycles. The molecule has 1 aromatic rings. The van der Waals surface area contributed by atoms with E-state index in [-0.39, 0.29) is 5.92 Å². The molecular weight excluding hydrogens is 216 g/mol. The number of rotatable bonds is 6. The molecule has 0 saturated carbocycles. The molecule has 0 bridgehead atoms. The number of hydrogen-bond acceptors (Lipinski definition) is 3. The van der Waals surface area contributed by atoms with Crippen LogP contribution in [0.5, 0.6) is 5.75 Å². The predicted molar refractivity (Wildman–Crippen MR) is 68.3 cm³/mol. The van der Waals surface area contributed by atoms with Gasteiger partial charge in [-0.2, -0.15) is 0 Å². The quantitative estimate of drug-likeness (QED) is 0.799. The fourth-order valence-electron chi connectivity index (χ4n) is 1.86. The fourth-order valence-corrected chi connectivity index (χ4v) is 1.86. The minimum absolute atomic E-state index is 0.220. The Labute approximate surface area is 103 Å². The Morgan fingerprint density at radius 1 is 1.12 bits per heavy atom. The molecule has 0 aromatic heterocycles. The average molecular weight is 238 g/mol. The average Bonchev–Trinajstić information content (AvgIpc) is 2.37. The van der Waals surface area contributed by atoms with Crippen LogP contribution in [0.3, 0.4) is 0 Å². The van der Waals surface area contributed by atoms with Crippen molar-refractivity contribution >= 4 is 0 Å². The number of ether oxygens (including phenoxy) is 1. The van der Waals surface area contributed by atoms with E-state index in [0.717, 1.165) is 11.3 Å². The Hall–Kier alpha value is -1.06. The zero-order valence-corrected chi connectivity index (χ0v) is 10.8. The first kappa shape index (κ1) is 14.0. The van der Waals surface area contributed by atoms with Gasteiger partial charge >= 0.3 is 0 Å². The van der Waals surface area contributed by atoms with Crippen LogP contribution in [0.1, 0.15) is 38.2 Å². The van der Waals surface area contributed by atoms with Gasteiger partial charge in [0.05, 0.1) is 19.3 Å². The second-order valence-electron chi connectivity index (χ2n) is 4.45. The monoisotopic (exact) mass is 238 g/mol. The predicted octanol–water partition coefficient (Wildman–Crippen LogP) is 2.32. The van der Waals surface area contributed by atoms with Gasteiger partial charge in [0, 0.05) is 0 Å². The summed E-state index contributed by atoms with van der Waals surface area (Å²) in [7, 11) is 1.64. The second kappa shape index (κ2) is 6.62. The van der Waals surface area contributed by atoms with Gasteiger partial charge in [-0.15, -0.1) is 0 Å². The van der Waals surface area contributed by atoms with E-state index in [1.54, 1.807) is 7.11 Å². The van der Waals surface area contributed by atoms with Gasteiger partial charge in [-0.05, 0) is 36.5 Å². The van der Waals surface area contributed by atoms with Gasteiger partial charge in [-0.1, -0.05) is 26.0 Å². The largest absolute Gasteiger partial charge is 0.497 e. The van der Waals surface area contributed by atoms with Crippen LogP contribution in [0.15, 0.2) is 24.3 Å². The van der Waals surface area contributed by atoms with Crippen molar-refractivity contribution in [1.29, 1.82) is 0 Å².